The molecule has 5 rings (SSSR count). The summed E-state index contributed by atoms with van der Waals surface area (Å²) in [5.41, 5.74) is 2.44. The van der Waals surface area contributed by atoms with Gasteiger partial charge in [0.25, 0.3) is 5.91 Å². The lowest BCUT2D eigenvalue weighted by atomic mass is 10.0. The van der Waals surface area contributed by atoms with Crippen molar-refractivity contribution in [3.63, 3.8) is 0 Å². The maximum atomic E-state index is 15.1. The molecule has 0 radical (unpaired) electrons. The molecule has 2 saturated heterocycles. The summed E-state index contributed by atoms with van der Waals surface area (Å²) < 4.78 is 38.1. The molecule has 2 aromatic rings. The number of halogens is 1. The number of hydrogen-bond acceptors (Lipinski definition) is 6. The van der Waals surface area contributed by atoms with E-state index in [9.17, 15) is 14.4 Å². The molecule has 3 atom stereocenters. The fourth-order valence-corrected chi connectivity index (χ4v) is 5.15. The number of nitrogens with one attached hydrogen (secondary N) is 2. The van der Waals surface area contributed by atoms with Gasteiger partial charge in [-0.3, -0.25) is 24.6 Å². The third-order valence-electron chi connectivity index (χ3n) is 6.81. The van der Waals surface area contributed by atoms with Crippen LogP contribution in [0.3, 0.4) is 0 Å². The molecule has 3 aliphatic rings. The Morgan fingerprint density at radius 2 is 1.94 bits per heavy atom. The molecule has 3 aliphatic heterocycles. The normalized spacial score (nSPS) is 25.8. The number of nitrogens with zero attached hydrogens (tertiary/aromatic N) is 2. The number of ether oxygens (including phenoxy) is 1. The second kappa shape index (κ2) is 9.99. The molecule has 8 nitrogen and oxygen atoms in total. The number of benzene rings is 2. The minimum absolute atomic E-state index is 0.118. The molecule has 2 fully saturated rings. The van der Waals surface area contributed by atoms with E-state index in [1.807, 2.05) is 13.8 Å². The second-order valence-corrected chi connectivity index (χ2v) is 9.67. The predicted octanol–water partition coefficient (Wildman–Crippen LogP) is 2.81. The molecule has 3 unspecified atom stereocenters. The van der Waals surface area contributed by atoms with Crippen molar-refractivity contribution < 1.29 is 26.3 Å². The summed E-state index contributed by atoms with van der Waals surface area (Å²) in [6, 6.07) is 8.93. The fraction of sp³-hybridized carbons (Fsp3) is 0.444. The largest absolute Gasteiger partial charge is 0.381 e. The van der Waals surface area contributed by atoms with Crippen LogP contribution in [0.5, 0.6) is 0 Å². The number of piperidine rings is 1. The van der Waals surface area contributed by atoms with Crippen LogP contribution in [0.4, 0.5) is 10.1 Å². The van der Waals surface area contributed by atoms with Crippen molar-refractivity contribution in [3.8, 4) is 0 Å². The van der Waals surface area contributed by atoms with Crippen LogP contribution in [0, 0.1) is 5.82 Å². The Kier molecular flexibility index (Phi) is 6.09. The first kappa shape index (κ1) is 21.9. The van der Waals surface area contributed by atoms with Gasteiger partial charge < -0.3 is 15.0 Å². The van der Waals surface area contributed by atoms with Crippen LogP contribution in [0.1, 0.15) is 56.5 Å². The number of anilines is 1. The molecular formula is C27H31FN4O4. The zero-order chi connectivity index (χ0) is 27.2. The number of amides is 3. The van der Waals surface area contributed by atoms with Crippen molar-refractivity contribution in [1.29, 1.82) is 0 Å². The number of carbonyl (C=O) groups is 3. The van der Waals surface area contributed by atoms with Crippen LogP contribution in [-0.2, 0) is 33.9 Å². The number of morpholine rings is 1. The zero-order valence-corrected chi connectivity index (χ0v) is 20.3. The Morgan fingerprint density at radius 3 is 2.67 bits per heavy atom. The molecule has 0 bridgehead atoms. The summed E-state index contributed by atoms with van der Waals surface area (Å²) in [5.74, 6) is -1.61. The van der Waals surface area contributed by atoms with Crippen molar-refractivity contribution in [2.45, 2.75) is 64.5 Å². The Hall–Kier alpha value is -3.30. The van der Waals surface area contributed by atoms with Crippen molar-refractivity contribution in [2.24, 2.45) is 0 Å². The van der Waals surface area contributed by atoms with Crippen molar-refractivity contribution in [2.75, 3.05) is 18.4 Å². The molecule has 3 heterocycles. The molecule has 0 saturated carbocycles. The van der Waals surface area contributed by atoms with E-state index >= 15 is 4.39 Å². The van der Waals surface area contributed by atoms with E-state index in [4.69, 9.17) is 7.48 Å². The number of hydrogen-bond donors (Lipinski definition) is 2. The van der Waals surface area contributed by atoms with E-state index in [0.717, 1.165) is 0 Å². The van der Waals surface area contributed by atoms with Crippen molar-refractivity contribution in [3.05, 3.63) is 64.5 Å². The summed E-state index contributed by atoms with van der Waals surface area (Å²) in [4.78, 5) is 40.0. The van der Waals surface area contributed by atoms with Crippen LogP contribution >= 0.6 is 0 Å². The second-order valence-electron chi connectivity index (χ2n) is 9.67. The SMILES string of the molecule is [2H]C([2H])(c1ccc(CNc2cccc3c2CN(C2CCC(=O)NC2=O)C3=O)c(F)c1)N1CC(C)OC(C)C1. The number of fused-ring (bicyclic) bond motifs is 1. The molecule has 190 valence electrons. The van der Waals surface area contributed by atoms with Gasteiger partial charge in [-0.05, 0) is 44.0 Å². The summed E-state index contributed by atoms with van der Waals surface area (Å²) in [6.45, 7) is 3.11. The zero-order valence-electron chi connectivity index (χ0n) is 22.3. The van der Waals surface area contributed by atoms with E-state index in [1.165, 1.54) is 11.0 Å². The highest BCUT2D eigenvalue weighted by atomic mass is 19.1. The van der Waals surface area contributed by atoms with Crippen LogP contribution in [-0.4, -0.2) is 58.9 Å². The Labute approximate surface area is 212 Å². The van der Waals surface area contributed by atoms with E-state index in [0.29, 0.717) is 35.5 Å². The molecule has 36 heavy (non-hydrogen) atoms. The maximum Gasteiger partial charge on any atom is 0.255 e. The molecular weight excluding hydrogens is 463 g/mol. The number of rotatable bonds is 6. The summed E-state index contributed by atoms with van der Waals surface area (Å²) in [7, 11) is 0. The first-order valence-electron chi connectivity index (χ1n) is 13.2. The number of carbonyl (C=O) groups excluding carboxylic acids is 3. The van der Waals surface area contributed by atoms with Gasteiger partial charge in [0.15, 0.2) is 0 Å². The van der Waals surface area contributed by atoms with Gasteiger partial charge in [0.05, 0.1) is 12.2 Å². The molecule has 0 aromatic heterocycles. The fourth-order valence-electron chi connectivity index (χ4n) is 5.15. The summed E-state index contributed by atoms with van der Waals surface area (Å²) >= 11 is 0. The van der Waals surface area contributed by atoms with Crippen LogP contribution in [0.15, 0.2) is 36.4 Å². The Balaban J connectivity index is 1.29. The highest BCUT2D eigenvalue weighted by Crippen LogP contribution is 2.32. The van der Waals surface area contributed by atoms with Gasteiger partial charge in [0, 0.05) is 64.2 Å². The van der Waals surface area contributed by atoms with Crippen LogP contribution in [0.2, 0.25) is 0 Å². The van der Waals surface area contributed by atoms with E-state index in [2.05, 4.69) is 10.6 Å². The molecule has 9 heteroatoms. The molecule has 0 spiro atoms. The maximum absolute atomic E-state index is 15.1. The lowest BCUT2D eigenvalue weighted by Gasteiger charge is -2.35. The van der Waals surface area contributed by atoms with Crippen molar-refractivity contribution in [1.82, 2.24) is 15.1 Å². The molecule has 2 aromatic carbocycles. The lowest BCUT2D eigenvalue weighted by molar-refractivity contribution is -0.136. The standard InChI is InChI=1S/C27H31FN4O4/c1-16-12-31(13-17(2)36-16)14-18-6-7-19(22(28)10-18)11-29-23-5-3-4-20-21(23)15-32(27(20)35)24-8-9-25(33)30-26(24)34/h3-7,10,16-17,24,29H,8-9,11-15H2,1-2H3,(H,30,33,34)/i14D2. The third-order valence-corrected chi connectivity index (χ3v) is 6.81. The monoisotopic (exact) mass is 496 g/mol. The van der Waals surface area contributed by atoms with Gasteiger partial charge in [-0.1, -0.05) is 18.2 Å². The predicted molar refractivity (Wildman–Crippen MR) is 131 cm³/mol. The highest BCUT2D eigenvalue weighted by molar-refractivity contribution is 6.06. The van der Waals surface area contributed by atoms with Crippen LogP contribution in [0.25, 0.3) is 0 Å². The van der Waals surface area contributed by atoms with Gasteiger partial charge in [-0.25, -0.2) is 4.39 Å². The molecule has 2 N–H and O–H groups in total. The van der Waals surface area contributed by atoms with Gasteiger partial charge in [0.2, 0.25) is 11.8 Å². The van der Waals surface area contributed by atoms with Gasteiger partial charge >= 0.3 is 0 Å². The smallest absolute Gasteiger partial charge is 0.255 e. The van der Waals surface area contributed by atoms with E-state index < -0.39 is 24.3 Å². The quantitative estimate of drug-likeness (QED) is 0.598. The highest BCUT2D eigenvalue weighted by Gasteiger charge is 2.39. The average molecular weight is 497 g/mol. The van der Waals surface area contributed by atoms with Gasteiger partial charge in [-0.15, -0.1) is 0 Å². The topological polar surface area (TPSA) is 91.0 Å². The minimum Gasteiger partial charge on any atom is -0.381 e. The lowest BCUT2D eigenvalue weighted by Crippen LogP contribution is -2.52. The van der Waals surface area contributed by atoms with Gasteiger partial charge in [-0.2, -0.15) is 0 Å². The Bertz CT molecular complexity index is 1280. The minimum atomic E-state index is -1.85. The molecule has 3 amide bonds. The van der Waals surface area contributed by atoms with E-state index in [-0.39, 0.29) is 55.5 Å². The summed E-state index contributed by atoms with van der Waals surface area (Å²) in [6.07, 6.45) is 0.221. The third kappa shape index (κ3) is 4.99. The van der Waals surface area contributed by atoms with Crippen molar-refractivity contribution >= 4 is 23.4 Å². The first-order valence-corrected chi connectivity index (χ1v) is 12.2. The average Bonchev–Trinajstić information content (AvgIpc) is 3.19. The van der Waals surface area contributed by atoms with E-state index in [1.54, 1.807) is 35.2 Å². The van der Waals surface area contributed by atoms with Crippen LogP contribution < -0.4 is 10.6 Å². The Morgan fingerprint density at radius 1 is 1.17 bits per heavy atom. The first-order chi connectivity index (χ1) is 18.0. The summed E-state index contributed by atoms with van der Waals surface area (Å²) in [5, 5.41) is 5.50. The molecule has 0 aliphatic carbocycles. The number of imide groups is 1. The van der Waals surface area contributed by atoms with Gasteiger partial charge in [0.1, 0.15) is 11.9 Å².